The SMILES string of the molecule is CN(C)c1ccc(N2C(=S)NC(c3ccccn3)C2c2cccn2-c2cccc([N+](=O)[O-])c2)cc1. The number of hydrogen-bond donors (Lipinski definition) is 1. The van der Waals surface area contributed by atoms with E-state index in [1.54, 1.807) is 18.3 Å². The Kier molecular flexibility index (Phi) is 5.92. The molecule has 1 aliphatic heterocycles. The van der Waals surface area contributed by atoms with Crippen LogP contribution in [0.1, 0.15) is 23.5 Å². The predicted octanol–water partition coefficient (Wildman–Crippen LogP) is 5.02. The van der Waals surface area contributed by atoms with Gasteiger partial charge in [0, 0.05) is 55.7 Å². The summed E-state index contributed by atoms with van der Waals surface area (Å²) in [5.41, 5.74) is 4.58. The van der Waals surface area contributed by atoms with Crippen molar-refractivity contribution in [2.45, 2.75) is 12.1 Å². The number of nitro groups is 1. The van der Waals surface area contributed by atoms with E-state index in [0.29, 0.717) is 10.8 Å². The van der Waals surface area contributed by atoms with Gasteiger partial charge in [0.05, 0.1) is 22.3 Å². The average molecular weight is 485 g/mol. The van der Waals surface area contributed by atoms with Crippen LogP contribution in [0.3, 0.4) is 0 Å². The second-order valence-electron chi connectivity index (χ2n) is 8.49. The van der Waals surface area contributed by atoms with Crippen molar-refractivity contribution < 1.29 is 4.92 Å². The minimum absolute atomic E-state index is 0.0413. The maximum Gasteiger partial charge on any atom is 0.271 e. The molecule has 5 rings (SSSR count). The monoisotopic (exact) mass is 484 g/mol. The van der Waals surface area contributed by atoms with E-state index in [1.807, 2.05) is 66.2 Å². The van der Waals surface area contributed by atoms with Crippen molar-refractivity contribution in [3.8, 4) is 5.69 Å². The van der Waals surface area contributed by atoms with Crippen LogP contribution in [0, 0.1) is 10.1 Å². The molecule has 1 aliphatic rings. The number of anilines is 2. The van der Waals surface area contributed by atoms with Crippen LogP contribution in [0.25, 0.3) is 5.69 Å². The highest BCUT2D eigenvalue weighted by Crippen LogP contribution is 2.42. The first-order chi connectivity index (χ1) is 16.9. The van der Waals surface area contributed by atoms with E-state index in [9.17, 15) is 10.1 Å². The molecule has 2 atom stereocenters. The van der Waals surface area contributed by atoms with Gasteiger partial charge < -0.3 is 19.7 Å². The zero-order valence-corrected chi connectivity index (χ0v) is 20.1. The summed E-state index contributed by atoms with van der Waals surface area (Å²) >= 11 is 5.83. The molecule has 0 bridgehead atoms. The topological polar surface area (TPSA) is 79.5 Å². The largest absolute Gasteiger partial charge is 0.378 e. The van der Waals surface area contributed by atoms with Gasteiger partial charge in [0.1, 0.15) is 6.04 Å². The van der Waals surface area contributed by atoms with Gasteiger partial charge in [-0.1, -0.05) is 12.1 Å². The van der Waals surface area contributed by atoms with Gasteiger partial charge in [-0.2, -0.15) is 0 Å². The molecule has 0 saturated carbocycles. The number of nitrogens with one attached hydrogen (secondary N) is 1. The van der Waals surface area contributed by atoms with Crippen molar-refractivity contribution in [1.29, 1.82) is 0 Å². The van der Waals surface area contributed by atoms with Crippen molar-refractivity contribution in [1.82, 2.24) is 14.9 Å². The molecule has 176 valence electrons. The quantitative estimate of drug-likeness (QED) is 0.234. The van der Waals surface area contributed by atoms with Crippen LogP contribution >= 0.6 is 12.2 Å². The van der Waals surface area contributed by atoms with Crippen LogP contribution in [-0.2, 0) is 0 Å². The van der Waals surface area contributed by atoms with E-state index in [-0.39, 0.29) is 22.7 Å². The fraction of sp³-hybridized carbons (Fsp3) is 0.154. The highest BCUT2D eigenvalue weighted by molar-refractivity contribution is 7.80. The summed E-state index contributed by atoms with van der Waals surface area (Å²) in [6, 6.07) is 24.2. The highest BCUT2D eigenvalue weighted by atomic mass is 32.1. The molecule has 0 amide bonds. The molecule has 1 fully saturated rings. The molecule has 0 spiro atoms. The molecule has 9 heteroatoms. The lowest BCUT2D eigenvalue weighted by Gasteiger charge is -2.29. The van der Waals surface area contributed by atoms with Gasteiger partial charge in [-0.15, -0.1) is 0 Å². The third-order valence-corrected chi connectivity index (χ3v) is 6.46. The summed E-state index contributed by atoms with van der Waals surface area (Å²) in [6.45, 7) is 0. The van der Waals surface area contributed by atoms with Crippen molar-refractivity contribution in [3.05, 3.63) is 113 Å². The molecular formula is C26H24N6O2S. The number of hydrogen-bond acceptors (Lipinski definition) is 5. The van der Waals surface area contributed by atoms with E-state index in [2.05, 4.69) is 39.5 Å². The first-order valence-corrected chi connectivity index (χ1v) is 11.5. The van der Waals surface area contributed by atoms with E-state index >= 15 is 0 Å². The zero-order chi connectivity index (χ0) is 24.5. The lowest BCUT2D eigenvalue weighted by molar-refractivity contribution is -0.384. The molecular weight excluding hydrogens is 460 g/mol. The fourth-order valence-electron chi connectivity index (χ4n) is 4.47. The summed E-state index contributed by atoms with van der Waals surface area (Å²) in [4.78, 5) is 19.8. The Hall–Kier alpha value is -4.24. The predicted molar refractivity (Wildman–Crippen MR) is 141 cm³/mol. The molecule has 4 aromatic rings. The van der Waals surface area contributed by atoms with Gasteiger partial charge in [-0.05, 0) is 66.8 Å². The Morgan fingerprint density at radius 3 is 2.49 bits per heavy atom. The second-order valence-corrected chi connectivity index (χ2v) is 8.87. The molecule has 2 aromatic carbocycles. The number of non-ortho nitro benzene ring substituents is 1. The summed E-state index contributed by atoms with van der Waals surface area (Å²) in [5, 5.41) is 15.5. The number of pyridine rings is 1. The Labute approximate surface area is 208 Å². The minimum atomic E-state index is -0.381. The van der Waals surface area contributed by atoms with Gasteiger partial charge in [0.25, 0.3) is 5.69 Å². The van der Waals surface area contributed by atoms with Crippen molar-refractivity contribution in [2.24, 2.45) is 0 Å². The van der Waals surface area contributed by atoms with E-state index < -0.39 is 0 Å². The van der Waals surface area contributed by atoms with Crippen molar-refractivity contribution in [2.75, 3.05) is 23.9 Å². The third-order valence-electron chi connectivity index (χ3n) is 6.14. The molecule has 2 aromatic heterocycles. The molecule has 1 saturated heterocycles. The van der Waals surface area contributed by atoms with Crippen molar-refractivity contribution >= 4 is 34.4 Å². The maximum absolute atomic E-state index is 11.4. The lowest BCUT2D eigenvalue weighted by atomic mass is 10.0. The van der Waals surface area contributed by atoms with Gasteiger partial charge in [-0.3, -0.25) is 15.1 Å². The Balaban J connectivity index is 1.64. The number of aromatic nitrogens is 2. The third kappa shape index (κ3) is 4.22. The van der Waals surface area contributed by atoms with Crippen LogP contribution in [0.2, 0.25) is 0 Å². The first-order valence-electron chi connectivity index (χ1n) is 11.1. The van der Waals surface area contributed by atoms with E-state index in [0.717, 1.165) is 22.8 Å². The van der Waals surface area contributed by atoms with Crippen LogP contribution < -0.4 is 15.1 Å². The Morgan fingerprint density at radius 1 is 1.00 bits per heavy atom. The number of nitro benzene ring substituents is 1. The summed E-state index contributed by atoms with van der Waals surface area (Å²) in [6.07, 6.45) is 3.68. The minimum Gasteiger partial charge on any atom is -0.378 e. The Bertz CT molecular complexity index is 1370. The Morgan fingerprint density at radius 2 is 1.80 bits per heavy atom. The van der Waals surface area contributed by atoms with Crippen LogP contribution in [0.15, 0.2) is 91.3 Å². The van der Waals surface area contributed by atoms with E-state index in [4.69, 9.17) is 12.2 Å². The van der Waals surface area contributed by atoms with Crippen LogP contribution in [0.5, 0.6) is 0 Å². The summed E-state index contributed by atoms with van der Waals surface area (Å²) in [7, 11) is 4.01. The number of rotatable bonds is 6. The molecule has 1 N–H and O–H groups in total. The smallest absolute Gasteiger partial charge is 0.271 e. The first kappa shape index (κ1) is 22.5. The average Bonchev–Trinajstić information content (AvgIpc) is 3.49. The van der Waals surface area contributed by atoms with Gasteiger partial charge in [0.2, 0.25) is 0 Å². The maximum atomic E-state index is 11.4. The molecule has 0 aliphatic carbocycles. The normalized spacial score (nSPS) is 17.3. The zero-order valence-electron chi connectivity index (χ0n) is 19.3. The highest BCUT2D eigenvalue weighted by Gasteiger charge is 2.42. The lowest BCUT2D eigenvalue weighted by Crippen LogP contribution is -2.30. The molecule has 8 nitrogen and oxygen atoms in total. The second kappa shape index (κ2) is 9.19. The van der Waals surface area contributed by atoms with Crippen LogP contribution in [-0.4, -0.2) is 33.7 Å². The summed E-state index contributed by atoms with van der Waals surface area (Å²) < 4.78 is 1.98. The van der Waals surface area contributed by atoms with Crippen molar-refractivity contribution in [3.63, 3.8) is 0 Å². The van der Waals surface area contributed by atoms with Gasteiger partial charge in [-0.25, -0.2) is 0 Å². The molecule has 2 unspecified atom stereocenters. The van der Waals surface area contributed by atoms with Gasteiger partial charge in [0.15, 0.2) is 5.11 Å². The van der Waals surface area contributed by atoms with E-state index in [1.165, 1.54) is 6.07 Å². The standard InChI is InChI=1S/C26H24N6O2S/c1-29(2)18-11-13-19(14-12-18)31-25(24(28-26(31)35)22-9-3-4-15-27-22)23-10-6-16-30(23)20-7-5-8-21(17-20)32(33)34/h3-17,24-25H,1-2H3,(H,28,35). The van der Waals surface area contributed by atoms with Crippen LogP contribution in [0.4, 0.5) is 17.1 Å². The van der Waals surface area contributed by atoms with Gasteiger partial charge >= 0.3 is 0 Å². The molecule has 3 heterocycles. The number of thiocarbonyl (C=S) groups is 1. The number of benzene rings is 2. The molecule has 35 heavy (non-hydrogen) atoms. The fourth-order valence-corrected chi connectivity index (χ4v) is 4.82. The molecule has 0 radical (unpaired) electrons. The summed E-state index contributed by atoms with van der Waals surface area (Å²) in [5.74, 6) is 0. The number of nitrogens with zero attached hydrogens (tertiary/aromatic N) is 5.